The molecule has 0 spiro atoms. The second-order valence-corrected chi connectivity index (χ2v) is 10.4. The van der Waals surface area contributed by atoms with Crippen molar-refractivity contribution < 1.29 is 17.9 Å². The number of aryl methyl sites for hydroxylation is 2. The van der Waals surface area contributed by atoms with Crippen LogP contribution in [0.25, 0.3) is 0 Å². The van der Waals surface area contributed by atoms with Crippen molar-refractivity contribution >= 4 is 33.1 Å². The van der Waals surface area contributed by atoms with E-state index in [-0.39, 0.29) is 6.42 Å². The second-order valence-electron chi connectivity index (χ2n) is 8.36. The van der Waals surface area contributed by atoms with Gasteiger partial charge < -0.3 is 9.30 Å². The predicted octanol–water partition coefficient (Wildman–Crippen LogP) is 3.70. The lowest BCUT2D eigenvalue weighted by atomic mass is 9.90. The SMILES string of the molecule is CC(=O)OC(Cc1cc(C)c(C(=S)c2ccc(C)cc2)n1C)(CS(N)(=O)=O)c1ccccc1. The normalized spacial score (nSPS) is 13.4. The summed E-state index contributed by atoms with van der Waals surface area (Å²) in [6.07, 6.45) is 0.112. The first-order valence-corrected chi connectivity index (χ1v) is 12.6. The highest BCUT2D eigenvalue weighted by Gasteiger charge is 2.41. The van der Waals surface area contributed by atoms with E-state index in [2.05, 4.69) is 0 Å². The van der Waals surface area contributed by atoms with E-state index in [0.717, 1.165) is 28.1 Å². The summed E-state index contributed by atoms with van der Waals surface area (Å²) >= 11 is 5.79. The summed E-state index contributed by atoms with van der Waals surface area (Å²) in [5.74, 6) is -1.14. The Balaban J connectivity index is 2.12. The molecule has 0 fully saturated rings. The molecule has 0 radical (unpaired) electrons. The number of esters is 1. The molecule has 3 rings (SSSR count). The highest BCUT2D eigenvalue weighted by molar-refractivity contribution is 7.89. The third kappa shape index (κ3) is 5.76. The quantitative estimate of drug-likeness (QED) is 0.299. The molecule has 174 valence electrons. The Bertz CT molecular complexity index is 1280. The van der Waals surface area contributed by atoms with Crippen molar-refractivity contribution in [2.45, 2.75) is 32.8 Å². The number of sulfonamides is 1. The maximum atomic E-state index is 12.2. The van der Waals surface area contributed by atoms with Crippen molar-refractivity contribution in [3.63, 3.8) is 0 Å². The van der Waals surface area contributed by atoms with Gasteiger partial charge in [0.15, 0.2) is 5.60 Å². The Kier molecular flexibility index (Phi) is 7.21. The first kappa shape index (κ1) is 24.8. The number of carbonyl (C=O) groups excluding carboxylic acids is 1. The van der Waals surface area contributed by atoms with E-state index < -0.39 is 27.3 Å². The first-order valence-electron chi connectivity index (χ1n) is 10.4. The van der Waals surface area contributed by atoms with Crippen LogP contribution < -0.4 is 5.14 Å². The molecule has 3 aromatic rings. The van der Waals surface area contributed by atoms with Crippen LogP contribution in [0.1, 0.15) is 40.6 Å². The summed E-state index contributed by atoms with van der Waals surface area (Å²) in [6.45, 7) is 5.23. The number of nitrogens with zero attached hydrogens (tertiary/aromatic N) is 1. The average Bonchev–Trinajstić information content (AvgIpc) is 2.99. The fourth-order valence-corrected chi connectivity index (χ4v) is 5.57. The van der Waals surface area contributed by atoms with Crippen LogP contribution in [-0.2, 0) is 38.6 Å². The fraction of sp³-hybridized carbons (Fsp3) is 0.280. The number of rotatable bonds is 8. The number of ether oxygens (including phenoxy) is 1. The minimum Gasteiger partial charge on any atom is -0.453 e. The van der Waals surface area contributed by atoms with Gasteiger partial charge in [-0.3, -0.25) is 4.79 Å². The number of thiocarbonyl (C=S) groups is 1. The lowest BCUT2D eigenvalue weighted by Crippen LogP contribution is -2.43. The van der Waals surface area contributed by atoms with Crippen molar-refractivity contribution in [1.82, 2.24) is 4.57 Å². The molecule has 1 atom stereocenters. The zero-order valence-electron chi connectivity index (χ0n) is 19.2. The lowest BCUT2D eigenvalue weighted by molar-refractivity contribution is -0.156. The Hall–Kier alpha value is -2.81. The number of primary sulfonamides is 1. The van der Waals surface area contributed by atoms with Gasteiger partial charge in [0, 0.05) is 26.1 Å². The topological polar surface area (TPSA) is 91.4 Å². The molecule has 1 aromatic heterocycles. The molecule has 8 heteroatoms. The smallest absolute Gasteiger partial charge is 0.303 e. The van der Waals surface area contributed by atoms with E-state index in [1.165, 1.54) is 6.92 Å². The molecule has 2 aromatic carbocycles. The molecule has 0 saturated heterocycles. The van der Waals surface area contributed by atoms with Crippen molar-refractivity contribution in [3.05, 3.63) is 94.3 Å². The molecular formula is C25H28N2O4S2. The number of hydrogen-bond acceptors (Lipinski definition) is 5. The number of benzene rings is 2. The number of aromatic nitrogens is 1. The van der Waals surface area contributed by atoms with Crippen molar-refractivity contribution in [3.8, 4) is 0 Å². The van der Waals surface area contributed by atoms with Crippen LogP contribution in [-0.4, -0.2) is 29.6 Å². The molecule has 0 amide bonds. The molecule has 0 bridgehead atoms. The van der Waals surface area contributed by atoms with Gasteiger partial charge in [-0.15, -0.1) is 0 Å². The van der Waals surface area contributed by atoms with Crippen LogP contribution in [0.3, 0.4) is 0 Å². The van der Waals surface area contributed by atoms with Gasteiger partial charge in [0.05, 0.1) is 10.6 Å². The van der Waals surface area contributed by atoms with Gasteiger partial charge in [-0.05, 0) is 36.6 Å². The minimum atomic E-state index is -3.99. The van der Waals surface area contributed by atoms with Gasteiger partial charge in [0.2, 0.25) is 10.0 Å². The molecule has 0 aliphatic rings. The summed E-state index contributed by atoms with van der Waals surface area (Å²) < 4.78 is 32.1. The van der Waals surface area contributed by atoms with Crippen molar-refractivity contribution in [2.75, 3.05) is 5.75 Å². The first-order chi connectivity index (χ1) is 15.4. The summed E-state index contributed by atoms with van der Waals surface area (Å²) in [4.78, 5) is 12.8. The zero-order chi connectivity index (χ0) is 24.4. The predicted molar refractivity (Wildman–Crippen MR) is 134 cm³/mol. The summed E-state index contributed by atoms with van der Waals surface area (Å²) in [5.41, 5.74) is 3.69. The summed E-state index contributed by atoms with van der Waals surface area (Å²) in [7, 11) is -2.11. The van der Waals surface area contributed by atoms with Gasteiger partial charge in [-0.2, -0.15) is 0 Å². The van der Waals surface area contributed by atoms with Crippen LogP contribution in [0.4, 0.5) is 0 Å². The summed E-state index contributed by atoms with van der Waals surface area (Å²) in [6, 6.07) is 18.8. The highest BCUT2D eigenvalue weighted by Crippen LogP contribution is 2.33. The maximum absolute atomic E-state index is 12.2. The van der Waals surface area contributed by atoms with Gasteiger partial charge >= 0.3 is 5.97 Å². The van der Waals surface area contributed by atoms with Crippen LogP contribution in [0.5, 0.6) is 0 Å². The average molecular weight is 485 g/mol. The minimum absolute atomic E-state index is 0.112. The Labute approximate surface area is 200 Å². The lowest BCUT2D eigenvalue weighted by Gasteiger charge is -2.33. The van der Waals surface area contributed by atoms with Gasteiger partial charge in [-0.25, -0.2) is 13.6 Å². The van der Waals surface area contributed by atoms with Crippen LogP contribution in [0.2, 0.25) is 0 Å². The van der Waals surface area contributed by atoms with Gasteiger partial charge in [0.1, 0.15) is 5.75 Å². The third-order valence-electron chi connectivity index (χ3n) is 5.59. The molecule has 1 unspecified atom stereocenters. The largest absolute Gasteiger partial charge is 0.453 e. The molecule has 33 heavy (non-hydrogen) atoms. The van der Waals surface area contributed by atoms with Crippen LogP contribution in [0.15, 0.2) is 60.7 Å². The standard InChI is InChI=1S/C25H28N2O4S2/c1-17-10-12-20(13-11-17)24(32)23-18(2)14-22(27(23)4)15-25(31-19(3)28,16-33(26,29)30)21-8-6-5-7-9-21/h5-14H,15-16H2,1-4H3,(H2,26,29,30). The fourth-order valence-electron chi connectivity index (χ4n) is 4.16. The molecular weight excluding hydrogens is 456 g/mol. The van der Waals surface area contributed by atoms with E-state index >= 15 is 0 Å². The van der Waals surface area contributed by atoms with Crippen LogP contribution >= 0.6 is 12.2 Å². The van der Waals surface area contributed by atoms with E-state index in [9.17, 15) is 13.2 Å². The monoisotopic (exact) mass is 484 g/mol. The molecule has 0 aliphatic carbocycles. The van der Waals surface area contributed by atoms with Gasteiger partial charge in [0.25, 0.3) is 0 Å². The van der Waals surface area contributed by atoms with Crippen molar-refractivity contribution in [2.24, 2.45) is 12.2 Å². The van der Waals surface area contributed by atoms with Crippen LogP contribution in [0, 0.1) is 13.8 Å². The van der Waals surface area contributed by atoms with Crippen molar-refractivity contribution in [1.29, 1.82) is 0 Å². The van der Waals surface area contributed by atoms with E-state index in [0.29, 0.717) is 10.4 Å². The molecule has 0 aliphatic heterocycles. The van der Waals surface area contributed by atoms with E-state index in [1.54, 1.807) is 24.3 Å². The summed E-state index contributed by atoms with van der Waals surface area (Å²) in [5, 5.41) is 5.45. The van der Waals surface area contributed by atoms with Gasteiger partial charge in [-0.1, -0.05) is 72.4 Å². The van der Waals surface area contributed by atoms with E-state index in [4.69, 9.17) is 22.1 Å². The Morgan fingerprint density at radius 3 is 2.24 bits per heavy atom. The second kappa shape index (κ2) is 9.59. The Morgan fingerprint density at radius 1 is 1.09 bits per heavy atom. The van der Waals surface area contributed by atoms with E-state index in [1.807, 2.05) is 61.9 Å². The number of carbonyl (C=O) groups is 1. The Morgan fingerprint density at radius 2 is 1.70 bits per heavy atom. The molecule has 2 N–H and O–H groups in total. The molecule has 0 saturated carbocycles. The molecule has 6 nitrogen and oxygen atoms in total. The number of nitrogens with two attached hydrogens (primary N) is 1. The highest BCUT2D eigenvalue weighted by atomic mass is 32.2. The zero-order valence-corrected chi connectivity index (χ0v) is 20.8. The number of hydrogen-bond donors (Lipinski definition) is 1. The maximum Gasteiger partial charge on any atom is 0.303 e. The third-order valence-corrected chi connectivity index (χ3v) is 6.89. The molecule has 1 heterocycles.